The van der Waals surface area contributed by atoms with Gasteiger partial charge in [0.15, 0.2) is 0 Å². The number of carbonyl (C=O) groups excluding carboxylic acids is 2. The molecule has 0 radical (unpaired) electrons. The Morgan fingerprint density at radius 1 is 0.957 bits per heavy atom. The van der Waals surface area contributed by atoms with Crippen LogP contribution in [0.2, 0.25) is 0 Å². The van der Waals surface area contributed by atoms with Gasteiger partial charge < -0.3 is 24.4 Å². The van der Waals surface area contributed by atoms with Gasteiger partial charge in [0.1, 0.15) is 13.2 Å². The monoisotopic (exact) mass is 787 g/mol. The lowest BCUT2D eigenvalue weighted by Crippen LogP contribution is -2.39. The van der Waals surface area contributed by atoms with Crippen LogP contribution in [0.1, 0.15) is 59.4 Å². The number of hydrogen-bond donors (Lipinski definition) is 1. The van der Waals surface area contributed by atoms with Gasteiger partial charge >= 0.3 is 12.2 Å². The summed E-state index contributed by atoms with van der Waals surface area (Å²) >= 11 is 2.42. The van der Waals surface area contributed by atoms with Crippen molar-refractivity contribution in [1.82, 2.24) is 14.8 Å². The van der Waals surface area contributed by atoms with Gasteiger partial charge in [-0.05, 0) is 66.5 Å². The maximum absolute atomic E-state index is 12.8. The molecule has 0 spiro atoms. The van der Waals surface area contributed by atoms with E-state index < -0.39 is 18.2 Å². The van der Waals surface area contributed by atoms with Gasteiger partial charge in [0, 0.05) is 47.8 Å². The topological polar surface area (TPSA) is 92.2 Å². The van der Waals surface area contributed by atoms with E-state index in [9.17, 15) is 14.7 Å². The Hall–Kier alpha value is -2.74. The van der Waals surface area contributed by atoms with Gasteiger partial charge in [0.25, 0.3) is 0 Å². The Labute approximate surface area is 299 Å². The SMILES string of the molecule is C[C@@H]([C@@H](O)c1ccccc1)N(C)C(=O)OCCSSCCOC(=O)N1CCC(=C2c3ccc(CI)cc3CCc3cccnc32)CC1. The van der Waals surface area contributed by atoms with E-state index in [0.717, 1.165) is 41.4 Å². The molecule has 0 unspecified atom stereocenters. The van der Waals surface area contributed by atoms with E-state index in [4.69, 9.17) is 14.5 Å². The number of alkyl halides is 1. The molecule has 1 aliphatic carbocycles. The number of benzene rings is 2. The number of aliphatic hydroxyl groups is 1. The Balaban J connectivity index is 1.02. The number of pyridine rings is 1. The summed E-state index contributed by atoms with van der Waals surface area (Å²) < 4.78 is 12.0. The van der Waals surface area contributed by atoms with Crippen LogP contribution in [-0.2, 0) is 26.7 Å². The molecule has 2 heterocycles. The molecule has 0 saturated carbocycles. The molecule has 2 atom stereocenters. The molecular weight excluding hydrogens is 745 g/mol. The molecule has 1 aliphatic heterocycles. The minimum absolute atomic E-state index is 0.254. The highest BCUT2D eigenvalue weighted by atomic mass is 127. The van der Waals surface area contributed by atoms with Crippen LogP contribution in [-0.4, -0.2) is 83.0 Å². The summed E-state index contributed by atoms with van der Waals surface area (Å²) in [6.07, 6.45) is 3.94. The molecule has 2 amide bonds. The molecule has 1 aromatic heterocycles. The minimum Gasteiger partial charge on any atom is -0.449 e. The van der Waals surface area contributed by atoms with Crippen molar-refractivity contribution in [3.05, 3.63) is 106 Å². The molecule has 11 heteroatoms. The number of carbonyl (C=O) groups is 2. The van der Waals surface area contributed by atoms with Gasteiger partial charge in [0.2, 0.25) is 0 Å². The molecule has 1 saturated heterocycles. The number of halogens is 1. The summed E-state index contributed by atoms with van der Waals surface area (Å²) in [5.41, 5.74) is 9.77. The van der Waals surface area contributed by atoms with Gasteiger partial charge in [-0.2, -0.15) is 0 Å². The van der Waals surface area contributed by atoms with E-state index in [-0.39, 0.29) is 12.7 Å². The van der Waals surface area contributed by atoms with Crippen LogP contribution in [0.25, 0.3) is 5.57 Å². The summed E-state index contributed by atoms with van der Waals surface area (Å²) in [5, 5.41) is 10.6. The number of aryl methyl sites for hydroxylation is 2. The number of nitrogens with zero attached hydrogens (tertiary/aromatic N) is 3. The smallest absolute Gasteiger partial charge is 0.409 e. The number of aromatic nitrogens is 1. The largest absolute Gasteiger partial charge is 0.449 e. The van der Waals surface area contributed by atoms with Crippen molar-refractivity contribution < 1.29 is 24.2 Å². The molecule has 47 heavy (non-hydrogen) atoms. The van der Waals surface area contributed by atoms with E-state index in [2.05, 4.69) is 46.9 Å². The highest BCUT2D eigenvalue weighted by molar-refractivity contribution is 14.1. The van der Waals surface area contributed by atoms with E-state index in [1.165, 1.54) is 38.3 Å². The fourth-order valence-corrected chi connectivity index (χ4v) is 8.08. The second-order valence-electron chi connectivity index (χ2n) is 11.7. The predicted molar refractivity (Wildman–Crippen MR) is 199 cm³/mol. The first-order valence-corrected chi connectivity index (χ1v) is 20.0. The van der Waals surface area contributed by atoms with Crippen molar-refractivity contribution in [3.63, 3.8) is 0 Å². The fraction of sp³-hybridized carbons (Fsp3) is 0.417. The maximum atomic E-state index is 12.8. The van der Waals surface area contributed by atoms with Crippen LogP contribution in [0.15, 0.2) is 72.4 Å². The summed E-state index contributed by atoms with van der Waals surface area (Å²) in [6, 6.07) is 19.9. The van der Waals surface area contributed by atoms with Crippen LogP contribution >= 0.6 is 44.2 Å². The Morgan fingerprint density at radius 2 is 1.66 bits per heavy atom. The zero-order valence-corrected chi connectivity index (χ0v) is 30.7. The Bertz CT molecular complexity index is 1550. The lowest BCUT2D eigenvalue weighted by atomic mass is 9.88. The lowest BCUT2D eigenvalue weighted by Gasteiger charge is -2.29. The third-order valence-electron chi connectivity index (χ3n) is 8.73. The lowest BCUT2D eigenvalue weighted by molar-refractivity contribution is 0.0533. The highest BCUT2D eigenvalue weighted by Gasteiger charge is 2.28. The van der Waals surface area contributed by atoms with E-state index in [0.29, 0.717) is 31.2 Å². The van der Waals surface area contributed by atoms with Gasteiger partial charge in [0.05, 0.1) is 17.8 Å². The molecule has 2 aliphatic rings. The van der Waals surface area contributed by atoms with Gasteiger partial charge in [-0.3, -0.25) is 4.98 Å². The molecule has 2 aromatic carbocycles. The highest BCUT2D eigenvalue weighted by Crippen LogP contribution is 2.38. The van der Waals surface area contributed by atoms with Crippen LogP contribution in [0.3, 0.4) is 0 Å². The van der Waals surface area contributed by atoms with Crippen molar-refractivity contribution in [2.24, 2.45) is 0 Å². The van der Waals surface area contributed by atoms with Crippen molar-refractivity contribution in [2.75, 3.05) is 44.9 Å². The number of piperidine rings is 1. The van der Waals surface area contributed by atoms with Crippen LogP contribution < -0.4 is 0 Å². The number of aliphatic hydroxyl groups excluding tert-OH is 1. The van der Waals surface area contributed by atoms with Crippen LogP contribution in [0.5, 0.6) is 0 Å². The quantitative estimate of drug-likeness (QED) is 0.0915. The number of hydrogen-bond acceptors (Lipinski definition) is 8. The number of ether oxygens (including phenoxy) is 2. The second kappa shape index (κ2) is 17.6. The normalized spacial score (nSPS) is 15.6. The average Bonchev–Trinajstić information content (AvgIpc) is 3.28. The first-order chi connectivity index (χ1) is 22.9. The van der Waals surface area contributed by atoms with Crippen molar-refractivity contribution in [1.29, 1.82) is 0 Å². The molecule has 250 valence electrons. The summed E-state index contributed by atoms with van der Waals surface area (Å²) in [5.74, 6) is 1.25. The van der Waals surface area contributed by atoms with Gasteiger partial charge in [-0.15, -0.1) is 0 Å². The first kappa shape index (κ1) is 35.6. The van der Waals surface area contributed by atoms with Crippen molar-refractivity contribution in [2.45, 2.75) is 49.2 Å². The van der Waals surface area contributed by atoms with E-state index in [1.807, 2.05) is 47.5 Å². The zero-order chi connectivity index (χ0) is 33.2. The van der Waals surface area contributed by atoms with E-state index >= 15 is 0 Å². The molecule has 1 N–H and O–H groups in total. The molecule has 3 aromatic rings. The molecule has 8 nitrogen and oxygen atoms in total. The number of fused-ring (bicyclic) bond motifs is 2. The van der Waals surface area contributed by atoms with Crippen LogP contribution in [0.4, 0.5) is 9.59 Å². The van der Waals surface area contributed by atoms with Gasteiger partial charge in [-0.1, -0.05) is 104 Å². The predicted octanol–water partition coefficient (Wildman–Crippen LogP) is 7.72. The number of likely N-dealkylation sites (N-methyl/N-ethyl adjacent to an activating group) is 1. The first-order valence-electron chi connectivity index (χ1n) is 16.0. The molecule has 1 fully saturated rings. The minimum atomic E-state index is -0.798. The van der Waals surface area contributed by atoms with Crippen molar-refractivity contribution in [3.8, 4) is 0 Å². The average molecular weight is 788 g/mol. The molecule has 5 rings (SSSR count). The summed E-state index contributed by atoms with van der Waals surface area (Å²) in [7, 11) is 4.78. The van der Waals surface area contributed by atoms with Crippen LogP contribution in [0, 0.1) is 0 Å². The van der Waals surface area contributed by atoms with Crippen molar-refractivity contribution >= 4 is 61.9 Å². The Kier molecular flexibility index (Phi) is 13.3. The fourth-order valence-electron chi connectivity index (χ4n) is 5.95. The number of likely N-dealkylation sites (tertiary alicyclic amines) is 1. The maximum Gasteiger partial charge on any atom is 0.409 e. The summed E-state index contributed by atoms with van der Waals surface area (Å²) in [6.45, 7) is 3.62. The number of rotatable bonds is 11. The third kappa shape index (κ3) is 9.24. The standard InChI is InChI=1S/C36H42IN3O5S2/c1-25(34(41)29-7-4-3-5-8-29)39(2)35(42)44-19-21-46-47-22-20-45-36(43)40-17-14-27(15-18-40)32-31-13-10-26(24-37)23-30(31)12-11-28-9-6-16-38-33(28)32/h3-10,13,16,23,25,34,41H,11-12,14-15,17-22,24H2,1-2H3/t25-,34+/m0/s1. The number of amides is 2. The Morgan fingerprint density at radius 3 is 2.38 bits per heavy atom. The van der Waals surface area contributed by atoms with E-state index in [1.54, 1.807) is 35.6 Å². The molecule has 0 bridgehead atoms. The third-order valence-corrected chi connectivity index (χ3v) is 11.9. The zero-order valence-electron chi connectivity index (χ0n) is 26.9. The van der Waals surface area contributed by atoms with Gasteiger partial charge in [-0.25, -0.2) is 9.59 Å². The summed E-state index contributed by atoms with van der Waals surface area (Å²) in [4.78, 5) is 33.4. The molecular formula is C36H42IN3O5S2. The second-order valence-corrected chi connectivity index (χ2v) is 15.1.